The highest BCUT2D eigenvalue weighted by atomic mass is 16.6. The van der Waals surface area contributed by atoms with Gasteiger partial charge in [-0.25, -0.2) is 4.79 Å². The summed E-state index contributed by atoms with van der Waals surface area (Å²) in [6.07, 6.45) is 0. The highest BCUT2D eigenvalue weighted by molar-refractivity contribution is 6.23. The number of hydrogen-bond donors (Lipinski definition) is 0. The topological polar surface area (TPSA) is 65.7 Å². The predicted molar refractivity (Wildman–Crippen MR) is 48.3 cm³/mol. The summed E-state index contributed by atoms with van der Waals surface area (Å²) in [5.74, 6) is -0.767. The van der Waals surface area contributed by atoms with Crippen LogP contribution in [0.1, 0.15) is 28.0 Å². The standard InChI is InChI=1S/C8H9BO5/c1-5(10)6-3-4-7(13-6)8(11)14-9-12-2/h3-4,9H,1-2H3. The molecule has 5 nitrogen and oxygen atoms in total. The van der Waals surface area contributed by atoms with Crippen molar-refractivity contribution in [2.45, 2.75) is 6.92 Å². The van der Waals surface area contributed by atoms with Crippen LogP contribution in [-0.4, -0.2) is 26.5 Å². The van der Waals surface area contributed by atoms with E-state index in [2.05, 4.69) is 9.31 Å². The molecule has 74 valence electrons. The zero-order chi connectivity index (χ0) is 10.6. The van der Waals surface area contributed by atoms with E-state index in [1.54, 1.807) is 0 Å². The Bertz CT molecular complexity index is 343. The molecule has 0 spiro atoms. The lowest BCUT2D eigenvalue weighted by molar-refractivity contribution is 0.0674. The lowest BCUT2D eigenvalue weighted by Crippen LogP contribution is -2.09. The van der Waals surface area contributed by atoms with Crippen molar-refractivity contribution in [1.29, 1.82) is 0 Å². The number of hydrogen-bond acceptors (Lipinski definition) is 5. The number of carbonyl (C=O) groups is 2. The number of Topliss-reactive ketones (excluding diaryl/α,β-unsaturated/α-hetero) is 1. The van der Waals surface area contributed by atoms with Crippen molar-refractivity contribution >= 4 is 19.4 Å². The lowest BCUT2D eigenvalue weighted by atomic mass is 10.3. The van der Waals surface area contributed by atoms with Gasteiger partial charge in [-0.1, -0.05) is 0 Å². The second-order valence-electron chi connectivity index (χ2n) is 2.56. The fourth-order valence-corrected chi connectivity index (χ4v) is 0.820. The Morgan fingerprint density at radius 1 is 1.36 bits per heavy atom. The maximum absolute atomic E-state index is 11.1. The van der Waals surface area contributed by atoms with Crippen molar-refractivity contribution in [3.8, 4) is 0 Å². The molecule has 0 aliphatic carbocycles. The molecule has 1 heterocycles. The van der Waals surface area contributed by atoms with Crippen LogP contribution in [0.25, 0.3) is 0 Å². The molecule has 0 N–H and O–H groups in total. The lowest BCUT2D eigenvalue weighted by Gasteiger charge is -1.97. The fourth-order valence-electron chi connectivity index (χ4n) is 0.820. The van der Waals surface area contributed by atoms with E-state index in [1.807, 2.05) is 0 Å². The van der Waals surface area contributed by atoms with Crippen LogP contribution in [0, 0.1) is 0 Å². The van der Waals surface area contributed by atoms with Gasteiger partial charge >= 0.3 is 13.7 Å². The molecular weight excluding hydrogens is 187 g/mol. The minimum absolute atomic E-state index is 0.00718. The van der Waals surface area contributed by atoms with E-state index in [-0.39, 0.29) is 25.0 Å². The van der Waals surface area contributed by atoms with Crippen LogP contribution in [0.5, 0.6) is 0 Å². The van der Waals surface area contributed by atoms with Crippen LogP contribution in [0.4, 0.5) is 0 Å². The van der Waals surface area contributed by atoms with Gasteiger partial charge in [-0.3, -0.25) is 4.79 Å². The van der Waals surface area contributed by atoms with E-state index in [9.17, 15) is 9.59 Å². The smallest absolute Gasteiger partial charge is 0.506 e. The minimum atomic E-state index is -0.653. The van der Waals surface area contributed by atoms with Crippen LogP contribution < -0.4 is 0 Å². The Morgan fingerprint density at radius 2 is 2.00 bits per heavy atom. The molecule has 1 aromatic rings. The van der Waals surface area contributed by atoms with Crippen LogP contribution in [-0.2, 0) is 9.31 Å². The molecule has 0 fully saturated rings. The van der Waals surface area contributed by atoms with Gasteiger partial charge in [0.15, 0.2) is 11.5 Å². The molecule has 0 aromatic carbocycles. The van der Waals surface area contributed by atoms with Crippen molar-refractivity contribution in [3.05, 3.63) is 23.7 Å². The number of carbonyl (C=O) groups excluding carboxylic acids is 2. The fraction of sp³-hybridized carbons (Fsp3) is 0.250. The first-order valence-electron chi connectivity index (χ1n) is 3.92. The normalized spacial score (nSPS) is 9.57. The average Bonchev–Trinajstić information content (AvgIpc) is 2.62. The maximum atomic E-state index is 11.1. The molecule has 0 atom stereocenters. The monoisotopic (exact) mass is 196 g/mol. The second-order valence-corrected chi connectivity index (χ2v) is 2.56. The zero-order valence-electron chi connectivity index (χ0n) is 7.90. The Kier molecular flexibility index (Phi) is 3.47. The summed E-state index contributed by atoms with van der Waals surface area (Å²) in [4.78, 5) is 22.0. The third kappa shape index (κ3) is 2.46. The molecule has 1 rings (SSSR count). The van der Waals surface area contributed by atoms with Crippen molar-refractivity contribution in [3.63, 3.8) is 0 Å². The quantitative estimate of drug-likeness (QED) is 0.519. The van der Waals surface area contributed by atoms with Gasteiger partial charge in [-0.15, -0.1) is 0 Å². The summed E-state index contributed by atoms with van der Waals surface area (Å²) >= 11 is 0. The van der Waals surface area contributed by atoms with E-state index in [0.717, 1.165) is 0 Å². The molecule has 6 heteroatoms. The largest absolute Gasteiger partial charge is 0.508 e. The van der Waals surface area contributed by atoms with Crippen molar-refractivity contribution < 1.29 is 23.3 Å². The van der Waals surface area contributed by atoms with Crippen molar-refractivity contribution in [1.82, 2.24) is 0 Å². The zero-order valence-corrected chi connectivity index (χ0v) is 7.90. The number of rotatable bonds is 4. The third-order valence-electron chi connectivity index (χ3n) is 1.46. The molecular formula is C8H9BO5. The molecule has 0 unspecified atom stereocenters. The SMILES string of the molecule is COBOC(=O)c1ccc(C(C)=O)o1. The predicted octanol–water partition coefficient (Wildman–Crippen LogP) is 0.552. The van der Waals surface area contributed by atoms with Gasteiger partial charge in [0, 0.05) is 14.0 Å². The molecule has 14 heavy (non-hydrogen) atoms. The van der Waals surface area contributed by atoms with Crippen LogP contribution >= 0.6 is 0 Å². The van der Waals surface area contributed by atoms with Gasteiger partial charge in [-0.2, -0.15) is 0 Å². The van der Waals surface area contributed by atoms with E-state index >= 15 is 0 Å². The van der Waals surface area contributed by atoms with Gasteiger partial charge in [-0.05, 0) is 12.1 Å². The Hall–Kier alpha value is -1.56. The van der Waals surface area contributed by atoms with Crippen LogP contribution in [0.3, 0.4) is 0 Å². The molecule has 1 aromatic heterocycles. The molecule has 0 saturated carbocycles. The first-order chi connectivity index (χ1) is 6.65. The second kappa shape index (κ2) is 4.62. The molecule has 0 aliphatic rings. The first kappa shape index (κ1) is 10.5. The Morgan fingerprint density at radius 3 is 2.50 bits per heavy atom. The summed E-state index contributed by atoms with van der Waals surface area (Å²) in [6.45, 7) is 1.35. The summed E-state index contributed by atoms with van der Waals surface area (Å²) < 4.78 is 14.1. The van der Waals surface area contributed by atoms with Crippen molar-refractivity contribution in [2.75, 3.05) is 7.11 Å². The van der Waals surface area contributed by atoms with Gasteiger partial charge in [0.1, 0.15) is 0 Å². The Labute approximate surface area is 81.3 Å². The molecule has 0 amide bonds. The van der Waals surface area contributed by atoms with Gasteiger partial charge in [0.25, 0.3) is 0 Å². The summed E-state index contributed by atoms with van der Waals surface area (Å²) in [5.41, 5.74) is 0. The van der Waals surface area contributed by atoms with E-state index < -0.39 is 5.97 Å². The van der Waals surface area contributed by atoms with E-state index in [4.69, 9.17) is 4.42 Å². The molecule has 0 bridgehead atoms. The summed E-state index contributed by atoms with van der Waals surface area (Å²) in [6, 6.07) is 2.81. The molecule has 0 aliphatic heterocycles. The summed E-state index contributed by atoms with van der Waals surface area (Å²) in [5, 5.41) is 0. The number of furan rings is 1. The van der Waals surface area contributed by atoms with Gasteiger partial charge < -0.3 is 13.7 Å². The van der Waals surface area contributed by atoms with E-state index in [0.29, 0.717) is 0 Å². The third-order valence-corrected chi connectivity index (χ3v) is 1.46. The average molecular weight is 196 g/mol. The van der Waals surface area contributed by atoms with Gasteiger partial charge in [0.2, 0.25) is 5.76 Å². The molecule has 0 saturated heterocycles. The first-order valence-corrected chi connectivity index (χ1v) is 3.92. The van der Waals surface area contributed by atoms with E-state index in [1.165, 1.54) is 26.2 Å². The van der Waals surface area contributed by atoms with Crippen LogP contribution in [0.2, 0.25) is 0 Å². The van der Waals surface area contributed by atoms with Crippen molar-refractivity contribution in [2.24, 2.45) is 0 Å². The Balaban J connectivity index is 2.66. The number of ketones is 1. The summed E-state index contributed by atoms with van der Waals surface area (Å²) in [7, 11) is 1.26. The maximum Gasteiger partial charge on any atom is 0.508 e. The van der Waals surface area contributed by atoms with Gasteiger partial charge in [0.05, 0.1) is 0 Å². The highest BCUT2D eigenvalue weighted by Gasteiger charge is 2.14. The molecule has 0 radical (unpaired) electrons. The highest BCUT2D eigenvalue weighted by Crippen LogP contribution is 2.09. The van der Waals surface area contributed by atoms with Crippen LogP contribution in [0.15, 0.2) is 16.5 Å². The minimum Gasteiger partial charge on any atom is -0.506 e.